The predicted octanol–water partition coefficient (Wildman–Crippen LogP) is 2.61. The zero-order valence-electron chi connectivity index (χ0n) is 9.20. The lowest BCUT2D eigenvalue weighted by atomic mass is 9.78. The lowest BCUT2D eigenvalue weighted by molar-refractivity contribution is -0.143. The minimum Gasteiger partial charge on any atom is -0.481 e. The number of aliphatic carboxylic acids is 1. The van der Waals surface area contributed by atoms with E-state index in [2.05, 4.69) is 0 Å². The zero-order valence-corrected chi connectivity index (χ0v) is 9.20. The average Bonchev–Trinajstić information content (AvgIpc) is 2.24. The summed E-state index contributed by atoms with van der Waals surface area (Å²) >= 11 is 0. The Morgan fingerprint density at radius 1 is 1.41 bits per heavy atom. The van der Waals surface area contributed by atoms with Crippen LogP contribution in [0.15, 0.2) is 18.2 Å². The molecule has 0 bridgehead atoms. The van der Waals surface area contributed by atoms with Gasteiger partial charge in [0, 0.05) is 12.5 Å². The van der Waals surface area contributed by atoms with Crippen molar-refractivity contribution < 1.29 is 18.7 Å². The monoisotopic (exact) mass is 239 g/mol. The molecule has 1 atom stereocenters. The number of carboxylic acids is 1. The molecule has 1 N–H and O–H groups in total. The quantitative estimate of drug-likeness (QED) is 0.878. The minimum atomic E-state index is -1.46. The number of carboxylic acid groups (broad SMARTS) is 1. The van der Waals surface area contributed by atoms with Crippen LogP contribution in [0.25, 0.3) is 0 Å². The number of rotatable bonds is 4. The van der Waals surface area contributed by atoms with Gasteiger partial charge in [-0.1, -0.05) is 0 Å². The number of nitrogens with zero attached hydrogens (tertiary/aromatic N) is 1. The first-order valence-electron chi connectivity index (χ1n) is 4.97. The van der Waals surface area contributed by atoms with E-state index >= 15 is 0 Å². The van der Waals surface area contributed by atoms with Crippen molar-refractivity contribution in [1.82, 2.24) is 0 Å². The number of hydrogen-bond donors (Lipinski definition) is 1. The fourth-order valence-electron chi connectivity index (χ4n) is 1.55. The molecule has 0 aliphatic heterocycles. The molecule has 0 amide bonds. The maximum atomic E-state index is 13.0. The third kappa shape index (κ3) is 2.78. The molecule has 1 aromatic carbocycles. The Morgan fingerprint density at radius 3 is 2.35 bits per heavy atom. The van der Waals surface area contributed by atoms with E-state index in [9.17, 15) is 13.6 Å². The summed E-state index contributed by atoms with van der Waals surface area (Å²) in [4.78, 5) is 11.2. The van der Waals surface area contributed by atoms with Gasteiger partial charge in [-0.25, -0.2) is 8.78 Å². The topological polar surface area (TPSA) is 61.1 Å². The second-order valence-corrected chi connectivity index (χ2v) is 3.95. The number of benzene rings is 1. The molecule has 17 heavy (non-hydrogen) atoms. The maximum absolute atomic E-state index is 13.0. The summed E-state index contributed by atoms with van der Waals surface area (Å²) < 4.78 is 26.1. The van der Waals surface area contributed by atoms with E-state index in [1.54, 1.807) is 0 Å². The van der Waals surface area contributed by atoms with Crippen LogP contribution in [0.2, 0.25) is 0 Å². The van der Waals surface area contributed by atoms with E-state index in [-0.39, 0.29) is 18.4 Å². The highest BCUT2D eigenvalue weighted by molar-refractivity contribution is 5.80. The van der Waals surface area contributed by atoms with Crippen molar-refractivity contribution in [1.29, 1.82) is 5.26 Å². The van der Waals surface area contributed by atoms with E-state index in [4.69, 9.17) is 10.4 Å². The first kappa shape index (κ1) is 13.1. The number of carbonyl (C=O) groups is 1. The van der Waals surface area contributed by atoms with Crippen LogP contribution in [-0.4, -0.2) is 11.1 Å². The average molecular weight is 239 g/mol. The van der Waals surface area contributed by atoms with Crippen LogP contribution < -0.4 is 0 Å². The molecule has 0 aromatic heterocycles. The molecule has 0 spiro atoms. The van der Waals surface area contributed by atoms with E-state index in [1.807, 2.05) is 6.07 Å². The van der Waals surface area contributed by atoms with Crippen molar-refractivity contribution in [3.8, 4) is 6.07 Å². The van der Waals surface area contributed by atoms with Gasteiger partial charge in [-0.3, -0.25) is 4.79 Å². The van der Waals surface area contributed by atoms with Crippen LogP contribution in [0.5, 0.6) is 0 Å². The molecular weight excluding hydrogens is 228 g/mol. The van der Waals surface area contributed by atoms with Crippen LogP contribution >= 0.6 is 0 Å². The van der Waals surface area contributed by atoms with Crippen molar-refractivity contribution in [3.05, 3.63) is 35.4 Å². The number of halogens is 2. The van der Waals surface area contributed by atoms with Gasteiger partial charge in [0.1, 0.15) is 11.6 Å². The molecule has 0 radical (unpaired) electrons. The highest BCUT2D eigenvalue weighted by atomic mass is 19.1. The number of hydrogen-bond acceptors (Lipinski definition) is 2. The Morgan fingerprint density at radius 2 is 1.94 bits per heavy atom. The largest absolute Gasteiger partial charge is 0.481 e. The van der Waals surface area contributed by atoms with Crippen LogP contribution in [0.1, 0.15) is 25.3 Å². The third-order valence-electron chi connectivity index (χ3n) is 2.71. The molecule has 0 saturated carbocycles. The molecule has 0 fully saturated rings. The summed E-state index contributed by atoms with van der Waals surface area (Å²) in [6.07, 6.45) is 0.00264. The second kappa shape index (κ2) is 4.91. The van der Waals surface area contributed by atoms with Gasteiger partial charge in [-0.05, 0) is 31.0 Å². The summed E-state index contributed by atoms with van der Waals surface area (Å²) in [6.45, 7) is 1.35. The van der Waals surface area contributed by atoms with E-state index in [0.717, 1.165) is 12.1 Å². The standard InChI is InChI=1S/C12H11F2NO2/c1-12(11(16)17,3-2-4-15)8-5-9(13)7-10(14)6-8/h5-7H,2-3H2,1H3,(H,16,17). The van der Waals surface area contributed by atoms with Gasteiger partial charge in [0.05, 0.1) is 11.5 Å². The zero-order chi connectivity index (χ0) is 13.1. The number of nitriles is 1. The molecule has 0 saturated heterocycles. The summed E-state index contributed by atoms with van der Waals surface area (Å²) in [5.41, 5.74) is -1.43. The van der Waals surface area contributed by atoms with Crippen LogP contribution in [0.3, 0.4) is 0 Å². The van der Waals surface area contributed by atoms with E-state index in [1.165, 1.54) is 6.92 Å². The smallest absolute Gasteiger partial charge is 0.313 e. The molecule has 1 aromatic rings. The highest BCUT2D eigenvalue weighted by Crippen LogP contribution is 2.30. The normalized spacial score (nSPS) is 13.8. The molecule has 0 heterocycles. The summed E-state index contributed by atoms with van der Waals surface area (Å²) in [5, 5.41) is 17.6. The third-order valence-corrected chi connectivity index (χ3v) is 2.71. The van der Waals surface area contributed by atoms with Gasteiger partial charge in [0.25, 0.3) is 0 Å². The Hall–Kier alpha value is -1.96. The molecular formula is C12H11F2NO2. The van der Waals surface area contributed by atoms with Crippen molar-refractivity contribution in [2.75, 3.05) is 0 Å². The first-order valence-corrected chi connectivity index (χ1v) is 4.97. The molecule has 0 aliphatic carbocycles. The molecule has 3 nitrogen and oxygen atoms in total. The van der Waals surface area contributed by atoms with Crippen molar-refractivity contribution >= 4 is 5.97 Å². The van der Waals surface area contributed by atoms with Gasteiger partial charge in [-0.15, -0.1) is 0 Å². The van der Waals surface area contributed by atoms with Crippen LogP contribution in [0, 0.1) is 23.0 Å². The lowest BCUT2D eigenvalue weighted by Gasteiger charge is -2.24. The van der Waals surface area contributed by atoms with Gasteiger partial charge >= 0.3 is 5.97 Å². The van der Waals surface area contributed by atoms with E-state index in [0.29, 0.717) is 6.07 Å². The highest BCUT2D eigenvalue weighted by Gasteiger charge is 2.35. The molecule has 1 rings (SSSR count). The summed E-state index contributed by atoms with van der Waals surface area (Å²) in [7, 11) is 0. The minimum absolute atomic E-state index is 0.000925. The van der Waals surface area contributed by atoms with Gasteiger partial charge in [0.2, 0.25) is 0 Å². The SMILES string of the molecule is CC(CCC#N)(C(=O)O)c1cc(F)cc(F)c1. The predicted molar refractivity (Wildman–Crippen MR) is 56.2 cm³/mol. The van der Waals surface area contributed by atoms with Gasteiger partial charge < -0.3 is 5.11 Å². The van der Waals surface area contributed by atoms with Crippen LogP contribution in [0.4, 0.5) is 8.78 Å². The van der Waals surface area contributed by atoms with E-state index < -0.39 is 23.0 Å². The van der Waals surface area contributed by atoms with Gasteiger partial charge in [-0.2, -0.15) is 5.26 Å². The summed E-state index contributed by atoms with van der Waals surface area (Å²) in [5.74, 6) is -2.87. The Kier molecular flexibility index (Phi) is 3.79. The fraction of sp³-hybridized carbons (Fsp3) is 0.333. The first-order chi connectivity index (χ1) is 7.90. The maximum Gasteiger partial charge on any atom is 0.313 e. The Labute approximate surface area is 97.3 Å². The summed E-state index contributed by atoms with van der Waals surface area (Å²) in [6, 6.07) is 4.46. The molecule has 0 aliphatic rings. The lowest BCUT2D eigenvalue weighted by Crippen LogP contribution is -2.32. The van der Waals surface area contributed by atoms with Crippen molar-refractivity contribution in [2.24, 2.45) is 0 Å². The second-order valence-electron chi connectivity index (χ2n) is 3.95. The van der Waals surface area contributed by atoms with Crippen molar-refractivity contribution in [2.45, 2.75) is 25.2 Å². The fourth-order valence-corrected chi connectivity index (χ4v) is 1.55. The molecule has 90 valence electrons. The Balaban J connectivity index is 3.22. The Bertz CT molecular complexity index is 462. The molecule has 1 unspecified atom stereocenters. The van der Waals surface area contributed by atoms with Gasteiger partial charge in [0.15, 0.2) is 0 Å². The molecule has 5 heteroatoms. The van der Waals surface area contributed by atoms with Crippen LogP contribution in [-0.2, 0) is 10.2 Å². The van der Waals surface area contributed by atoms with Crippen molar-refractivity contribution in [3.63, 3.8) is 0 Å².